The molecule has 2 amide bonds. The highest BCUT2D eigenvalue weighted by atomic mass is 16.2. The third kappa shape index (κ3) is 11.7. The van der Waals surface area contributed by atoms with E-state index in [9.17, 15) is 9.59 Å². The molecule has 0 heterocycles. The quantitative estimate of drug-likeness (QED) is 0.473. The second kappa shape index (κ2) is 12.0. The van der Waals surface area contributed by atoms with Crippen LogP contribution in [0.1, 0.15) is 65.7 Å². The predicted molar refractivity (Wildman–Crippen MR) is 78.9 cm³/mol. The van der Waals surface area contributed by atoms with E-state index in [2.05, 4.69) is 17.6 Å². The molecular weight excluding hydrogens is 240 g/mol. The largest absolute Gasteiger partial charge is 0.348 e. The highest BCUT2D eigenvalue weighted by Gasteiger charge is 2.11. The summed E-state index contributed by atoms with van der Waals surface area (Å²) in [4.78, 5) is 22.8. The van der Waals surface area contributed by atoms with Crippen molar-refractivity contribution in [3.8, 4) is 0 Å². The number of rotatable bonds is 10. The predicted octanol–water partition coefficient (Wildman–Crippen LogP) is 2.63. The van der Waals surface area contributed by atoms with E-state index in [1.807, 2.05) is 13.8 Å². The molecule has 2 N–H and O–H groups in total. The number of amides is 2. The van der Waals surface area contributed by atoms with Crippen LogP contribution in [-0.4, -0.2) is 24.9 Å². The van der Waals surface area contributed by atoms with Crippen LogP contribution in [0.4, 0.5) is 0 Å². The lowest BCUT2D eigenvalue weighted by Crippen LogP contribution is -2.41. The van der Waals surface area contributed by atoms with E-state index in [1.54, 1.807) is 0 Å². The smallest absolute Gasteiger partial charge is 0.309 e. The van der Waals surface area contributed by atoms with Crippen molar-refractivity contribution in [2.24, 2.45) is 5.92 Å². The molecule has 0 aromatic carbocycles. The zero-order valence-electron chi connectivity index (χ0n) is 12.8. The average molecular weight is 270 g/mol. The van der Waals surface area contributed by atoms with Gasteiger partial charge in [0.25, 0.3) is 0 Å². The molecule has 0 aromatic rings. The Hall–Kier alpha value is -1.06. The lowest BCUT2D eigenvalue weighted by atomic mass is 10.1. The van der Waals surface area contributed by atoms with E-state index in [4.69, 9.17) is 0 Å². The molecule has 0 radical (unpaired) electrons. The molecule has 0 rings (SSSR count). The van der Waals surface area contributed by atoms with Gasteiger partial charge in [-0.25, -0.2) is 0 Å². The van der Waals surface area contributed by atoms with Crippen molar-refractivity contribution in [2.75, 3.05) is 13.1 Å². The topological polar surface area (TPSA) is 58.2 Å². The first kappa shape index (κ1) is 17.9. The SMILES string of the molecule is CCCCCCCCCNC(=O)C(=O)NCC(C)C. The molecule has 0 aliphatic rings. The van der Waals surface area contributed by atoms with Crippen molar-refractivity contribution in [1.29, 1.82) is 0 Å². The van der Waals surface area contributed by atoms with E-state index >= 15 is 0 Å². The summed E-state index contributed by atoms with van der Waals surface area (Å²) in [6, 6.07) is 0. The third-order valence-electron chi connectivity index (χ3n) is 2.94. The van der Waals surface area contributed by atoms with Crippen LogP contribution < -0.4 is 10.6 Å². The molecule has 19 heavy (non-hydrogen) atoms. The molecule has 0 unspecified atom stereocenters. The van der Waals surface area contributed by atoms with Gasteiger partial charge in [0, 0.05) is 13.1 Å². The van der Waals surface area contributed by atoms with Gasteiger partial charge in [-0.05, 0) is 12.3 Å². The second-order valence-corrected chi connectivity index (χ2v) is 5.48. The van der Waals surface area contributed by atoms with Gasteiger partial charge in [0.05, 0.1) is 0 Å². The van der Waals surface area contributed by atoms with Gasteiger partial charge >= 0.3 is 11.8 Å². The number of nitrogens with one attached hydrogen (secondary N) is 2. The number of carbonyl (C=O) groups is 2. The van der Waals surface area contributed by atoms with E-state index in [0.717, 1.165) is 12.8 Å². The van der Waals surface area contributed by atoms with Gasteiger partial charge in [0.15, 0.2) is 0 Å². The fourth-order valence-corrected chi connectivity index (χ4v) is 1.74. The molecule has 0 atom stereocenters. The summed E-state index contributed by atoms with van der Waals surface area (Å²) in [7, 11) is 0. The van der Waals surface area contributed by atoms with Crippen LogP contribution in [0.5, 0.6) is 0 Å². The van der Waals surface area contributed by atoms with Crippen molar-refractivity contribution in [1.82, 2.24) is 10.6 Å². The molecule has 4 heteroatoms. The van der Waals surface area contributed by atoms with Crippen LogP contribution in [0, 0.1) is 5.92 Å². The zero-order chi connectivity index (χ0) is 14.5. The van der Waals surface area contributed by atoms with Gasteiger partial charge < -0.3 is 10.6 Å². The summed E-state index contributed by atoms with van der Waals surface area (Å²) < 4.78 is 0. The Morgan fingerprint density at radius 2 is 1.37 bits per heavy atom. The summed E-state index contributed by atoms with van der Waals surface area (Å²) in [5.74, 6) is -0.664. The van der Waals surface area contributed by atoms with Crippen molar-refractivity contribution < 1.29 is 9.59 Å². The van der Waals surface area contributed by atoms with Crippen molar-refractivity contribution in [3.63, 3.8) is 0 Å². The van der Waals surface area contributed by atoms with Crippen LogP contribution in [-0.2, 0) is 9.59 Å². The van der Waals surface area contributed by atoms with Gasteiger partial charge in [0.1, 0.15) is 0 Å². The molecule has 0 bridgehead atoms. The number of unbranched alkanes of at least 4 members (excludes halogenated alkanes) is 6. The van der Waals surface area contributed by atoms with Crippen LogP contribution in [0.15, 0.2) is 0 Å². The maximum atomic E-state index is 11.4. The Bertz CT molecular complexity index is 253. The first-order valence-corrected chi connectivity index (χ1v) is 7.64. The molecule has 112 valence electrons. The highest BCUT2D eigenvalue weighted by molar-refractivity contribution is 6.35. The van der Waals surface area contributed by atoms with Crippen molar-refractivity contribution in [2.45, 2.75) is 65.7 Å². The summed E-state index contributed by atoms with van der Waals surface area (Å²) >= 11 is 0. The molecule has 0 aliphatic heterocycles. The van der Waals surface area contributed by atoms with Crippen LogP contribution >= 0.6 is 0 Å². The Kier molecular flexibility index (Phi) is 11.3. The Morgan fingerprint density at radius 1 is 0.842 bits per heavy atom. The van der Waals surface area contributed by atoms with Gasteiger partial charge in [0.2, 0.25) is 0 Å². The lowest BCUT2D eigenvalue weighted by Gasteiger charge is -2.08. The number of hydrogen-bond donors (Lipinski definition) is 2. The van der Waals surface area contributed by atoms with Gasteiger partial charge in [-0.3, -0.25) is 9.59 Å². The normalized spacial score (nSPS) is 10.5. The van der Waals surface area contributed by atoms with E-state index in [0.29, 0.717) is 19.0 Å². The molecule has 0 saturated heterocycles. The Morgan fingerprint density at radius 3 is 1.95 bits per heavy atom. The number of carbonyl (C=O) groups excluding carboxylic acids is 2. The summed E-state index contributed by atoms with van der Waals surface area (Å²) in [5, 5.41) is 5.26. The first-order valence-electron chi connectivity index (χ1n) is 7.64. The zero-order valence-corrected chi connectivity index (χ0v) is 12.8. The average Bonchev–Trinajstić information content (AvgIpc) is 2.38. The Labute approximate surface area is 117 Å². The van der Waals surface area contributed by atoms with Gasteiger partial charge in [-0.15, -0.1) is 0 Å². The van der Waals surface area contributed by atoms with Crippen LogP contribution in [0.25, 0.3) is 0 Å². The highest BCUT2D eigenvalue weighted by Crippen LogP contribution is 2.06. The maximum Gasteiger partial charge on any atom is 0.309 e. The molecule has 0 aromatic heterocycles. The van der Waals surface area contributed by atoms with E-state index in [-0.39, 0.29) is 0 Å². The minimum absolute atomic E-state index is 0.361. The molecular formula is C15H30N2O2. The molecule has 0 aliphatic carbocycles. The van der Waals surface area contributed by atoms with Gasteiger partial charge in [-0.2, -0.15) is 0 Å². The lowest BCUT2D eigenvalue weighted by molar-refractivity contribution is -0.139. The second-order valence-electron chi connectivity index (χ2n) is 5.48. The Balaban J connectivity index is 3.40. The molecule has 4 nitrogen and oxygen atoms in total. The monoisotopic (exact) mass is 270 g/mol. The standard InChI is InChI=1S/C15H30N2O2/c1-4-5-6-7-8-9-10-11-16-14(18)15(19)17-12-13(2)3/h13H,4-12H2,1-3H3,(H,16,18)(H,17,19). The molecule has 0 saturated carbocycles. The molecule has 0 fully saturated rings. The summed E-state index contributed by atoms with van der Waals surface area (Å²) in [6.45, 7) is 7.35. The van der Waals surface area contributed by atoms with E-state index < -0.39 is 11.8 Å². The molecule has 0 spiro atoms. The van der Waals surface area contributed by atoms with Gasteiger partial charge in [-0.1, -0.05) is 59.3 Å². The minimum Gasteiger partial charge on any atom is -0.348 e. The summed E-state index contributed by atoms with van der Waals surface area (Å²) in [6.07, 6.45) is 8.45. The van der Waals surface area contributed by atoms with Crippen LogP contribution in [0.3, 0.4) is 0 Å². The number of hydrogen-bond acceptors (Lipinski definition) is 2. The van der Waals surface area contributed by atoms with Crippen molar-refractivity contribution in [3.05, 3.63) is 0 Å². The first-order chi connectivity index (χ1) is 9.07. The van der Waals surface area contributed by atoms with Crippen LogP contribution in [0.2, 0.25) is 0 Å². The minimum atomic E-state index is -0.517. The third-order valence-corrected chi connectivity index (χ3v) is 2.94. The van der Waals surface area contributed by atoms with Crippen molar-refractivity contribution >= 4 is 11.8 Å². The maximum absolute atomic E-state index is 11.4. The fraction of sp³-hybridized carbons (Fsp3) is 0.867. The fourth-order valence-electron chi connectivity index (χ4n) is 1.74. The summed E-state index contributed by atoms with van der Waals surface area (Å²) in [5.41, 5.74) is 0. The van der Waals surface area contributed by atoms with E-state index in [1.165, 1.54) is 32.1 Å².